The molecule has 2 heterocycles. The van der Waals surface area contributed by atoms with Crippen LogP contribution >= 0.6 is 0 Å². The molecule has 138 valence electrons. The maximum Gasteiger partial charge on any atom is 0.255 e. The lowest BCUT2D eigenvalue weighted by Gasteiger charge is -2.25. The number of sulfonamides is 1. The van der Waals surface area contributed by atoms with Gasteiger partial charge in [0.05, 0.1) is 42.1 Å². The molecule has 1 saturated heterocycles. The number of anilines is 1. The van der Waals surface area contributed by atoms with Gasteiger partial charge in [0.1, 0.15) is 0 Å². The van der Waals surface area contributed by atoms with Crippen LogP contribution in [0.3, 0.4) is 0 Å². The zero-order valence-corrected chi connectivity index (χ0v) is 14.9. The second-order valence-electron chi connectivity index (χ2n) is 5.92. The van der Waals surface area contributed by atoms with Gasteiger partial charge in [-0.15, -0.1) is 0 Å². The van der Waals surface area contributed by atoms with E-state index in [1.165, 1.54) is 37.5 Å². The van der Waals surface area contributed by atoms with Gasteiger partial charge in [0.2, 0.25) is 10.0 Å². The molecule has 8 nitrogen and oxygen atoms in total. The van der Waals surface area contributed by atoms with Gasteiger partial charge >= 0.3 is 0 Å². The van der Waals surface area contributed by atoms with Crippen molar-refractivity contribution in [1.29, 1.82) is 0 Å². The van der Waals surface area contributed by atoms with Crippen molar-refractivity contribution in [2.24, 2.45) is 0 Å². The number of likely N-dealkylation sites (N-methyl/N-ethyl adjacent to an activating group) is 1. The zero-order valence-electron chi connectivity index (χ0n) is 14.1. The largest absolute Gasteiger partial charge is 0.389 e. The highest BCUT2D eigenvalue weighted by Gasteiger charge is 2.36. The van der Waals surface area contributed by atoms with E-state index in [-0.39, 0.29) is 23.7 Å². The number of hydrogen-bond acceptors (Lipinski definition) is 6. The predicted octanol–water partition coefficient (Wildman–Crippen LogP) is 0.714. The second-order valence-corrected chi connectivity index (χ2v) is 7.91. The average molecular weight is 377 g/mol. The van der Waals surface area contributed by atoms with Gasteiger partial charge < -0.3 is 15.2 Å². The number of ether oxygens (including phenoxy) is 1. The molecule has 1 aliphatic heterocycles. The number of aliphatic hydroxyl groups is 1. The Morgan fingerprint density at radius 1 is 1.31 bits per heavy atom. The number of rotatable bonds is 5. The molecule has 9 heteroatoms. The number of amides is 1. The van der Waals surface area contributed by atoms with E-state index < -0.39 is 28.1 Å². The Morgan fingerprint density at radius 3 is 2.77 bits per heavy atom. The van der Waals surface area contributed by atoms with Gasteiger partial charge in [-0.3, -0.25) is 9.78 Å². The molecule has 0 bridgehead atoms. The quantitative estimate of drug-likeness (QED) is 0.795. The van der Waals surface area contributed by atoms with E-state index in [0.29, 0.717) is 5.69 Å². The highest BCUT2D eigenvalue weighted by atomic mass is 32.2. The Balaban J connectivity index is 1.83. The number of nitrogens with one attached hydrogen (secondary N) is 1. The van der Waals surface area contributed by atoms with Crippen molar-refractivity contribution in [3.8, 4) is 0 Å². The summed E-state index contributed by atoms with van der Waals surface area (Å²) in [5.41, 5.74) is 0.709. The van der Waals surface area contributed by atoms with E-state index in [1.807, 2.05) is 0 Å². The first-order valence-electron chi connectivity index (χ1n) is 7.95. The van der Waals surface area contributed by atoms with E-state index >= 15 is 0 Å². The lowest BCUT2D eigenvalue weighted by atomic mass is 10.2. The van der Waals surface area contributed by atoms with Gasteiger partial charge in [-0.1, -0.05) is 6.07 Å². The van der Waals surface area contributed by atoms with Crippen LogP contribution in [-0.4, -0.2) is 61.1 Å². The normalized spacial score (nSPS) is 20.3. The van der Waals surface area contributed by atoms with Crippen molar-refractivity contribution < 1.29 is 23.1 Å². The van der Waals surface area contributed by atoms with Crippen molar-refractivity contribution >= 4 is 21.6 Å². The molecule has 0 aliphatic carbocycles. The number of hydrogen-bond donors (Lipinski definition) is 2. The summed E-state index contributed by atoms with van der Waals surface area (Å²) >= 11 is 0. The van der Waals surface area contributed by atoms with Gasteiger partial charge in [0.15, 0.2) is 0 Å². The minimum absolute atomic E-state index is 0.0297. The number of benzene rings is 1. The fourth-order valence-corrected chi connectivity index (χ4v) is 4.08. The van der Waals surface area contributed by atoms with Gasteiger partial charge in [0, 0.05) is 18.8 Å². The molecular formula is C17H19N3O5S. The summed E-state index contributed by atoms with van der Waals surface area (Å²) in [7, 11) is -2.49. The molecule has 1 aromatic heterocycles. The van der Waals surface area contributed by atoms with E-state index in [2.05, 4.69) is 10.3 Å². The van der Waals surface area contributed by atoms with Crippen molar-refractivity contribution in [2.75, 3.05) is 25.6 Å². The van der Waals surface area contributed by atoms with Gasteiger partial charge in [-0.2, -0.15) is 4.31 Å². The number of carbonyl (C=O) groups excluding carboxylic acids is 1. The summed E-state index contributed by atoms with van der Waals surface area (Å²) in [6.07, 6.45) is 2.19. The number of aromatic nitrogens is 1. The van der Waals surface area contributed by atoms with Crippen LogP contribution in [-0.2, 0) is 14.8 Å². The molecule has 26 heavy (non-hydrogen) atoms. The number of carbonyl (C=O) groups is 1. The number of pyridine rings is 1. The lowest BCUT2D eigenvalue weighted by Crippen LogP contribution is -2.43. The molecule has 1 amide bonds. The maximum atomic E-state index is 12.8. The molecule has 3 rings (SSSR count). The smallest absolute Gasteiger partial charge is 0.255 e. The summed E-state index contributed by atoms with van der Waals surface area (Å²) in [6, 6.07) is 8.45. The molecule has 0 radical (unpaired) electrons. The minimum Gasteiger partial charge on any atom is -0.389 e. The summed E-state index contributed by atoms with van der Waals surface area (Å²) < 4.78 is 31.8. The number of nitrogens with zero attached hydrogens (tertiary/aromatic N) is 2. The van der Waals surface area contributed by atoms with E-state index in [1.54, 1.807) is 18.3 Å². The summed E-state index contributed by atoms with van der Waals surface area (Å²) in [5, 5.41) is 12.5. The highest BCUT2D eigenvalue weighted by Crippen LogP contribution is 2.22. The Kier molecular flexibility index (Phi) is 5.33. The molecule has 2 atom stereocenters. The third-order valence-corrected chi connectivity index (χ3v) is 6.06. The standard InChI is InChI=1S/C17H19N3O5S/c1-20(15-10-25-11-16(15)21)26(23,24)14-6-2-4-12(8-14)17(22)19-13-5-3-7-18-9-13/h2-9,15-16,21H,10-11H2,1H3,(H,19,22)/t15-,16-/m1/s1. The maximum absolute atomic E-state index is 12.8. The Hall–Kier alpha value is -2.33. The third kappa shape index (κ3) is 3.75. The van der Waals surface area contributed by atoms with E-state index in [4.69, 9.17) is 4.74 Å². The number of aliphatic hydroxyl groups excluding tert-OH is 1. The monoisotopic (exact) mass is 377 g/mol. The Bertz CT molecular complexity index is 888. The van der Waals surface area contributed by atoms with Crippen molar-refractivity contribution in [2.45, 2.75) is 17.0 Å². The van der Waals surface area contributed by atoms with Crippen molar-refractivity contribution in [1.82, 2.24) is 9.29 Å². The minimum atomic E-state index is -3.88. The molecule has 0 saturated carbocycles. The summed E-state index contributed by atoms with van der Waals surface area (Å²) in [5.74, 6) is -0.443. The first kappa shape index (κ1) is 18.5. The first-order chi connectivity index (χ1) is 12.4. The molecule has 1 aliphatic rings. The Morgan fingerprint density at radius 2 is 2.12 bits per heavy atom. The lowest BCUT2D eigenvalue weighted by molar-refractivity contribution is 0.102. The van der Waals surface area contributed by atoms with Crippen LogP contribution in [0.25, 0.3) is 0 Å². The first-order valence-corrected chi connectivity index (χ1v) is 9.39. The average Bonchev–Trinajstić information content (AvgIpc) is 3.07. The van der Waals surface area contributed by atoms with Crippen molar-refractivity contribution in [3.63, 3.8) is 0 Å². The van der Waals surface area contributed by atoms with Gasteiger partial charge in [-0.25, -0.2) is 8.42 Å². The Labute approximate surface area is 151 Å². The predicted molar refractivity (Wildman–Crippen MR) is 94.2 cm³/mol. The van der Waals surface area contributed by atoms with Crippen LogP contribution < -0.4 is 5.32 Å². The summed E-state index contributed by atoms with van der Waals surface area (Å²) in [6.45, 7) is 0.218. The molecule has 2 N–H and O–H groups in total. The molecule has 1 aromatic carbocycles. The van der Waals surface area contributed by atoms with Crippen LogP contribution in [0.15, 0.2) is 53.7 Å². The molecule has 0 unspecified atom stereocenters. The van der Waals surface area contributed by atoms with Crippen LogP contribution in [0.2, 0.25) is 0 Å². The topological polar surface area (TPSA) is 109 Å². The van der Waals surface area contributed by atoms with Gasteiger partial charge in [0.25, 0.3) is 5.91 Å². The van der Waals surface area contributed by atoms with Crippen LogP contribution in [0.1, 0.15) is 10.4 Å². The molecule has 2 aromatic rings. The third-order valence-electron chi connectivity index (χ3n) is 4.18. The fraction of sp³-hybridized carbons (Fsp3) is 0.294. The van der Waals surface area contributed by atoms with Crippen LogP contribution in [0, 0.1) is 0 Å². The molecule has 1 fully saturated rings. The molecular weight excluding hydrogens is 358 g/mol. The molecule has 0 spiro atoms. The highest BCUT2D eigenvalue weighted by molar-refractivity contribution is 7.89. The zero-order chi connectivity index (χ0) is 18.7. The van der Waals surface area contributed by atoms with Crippen molar-refractivity contribution in [3.05, 3.63) is 54.4 Å². The van der Waals surface area contributed by atoms with E-state index in [0.717, 1.165) is 4.31 Å². The fourth-order valence-electron chi connectivity index (χ4n) is 2.66. The van der Waals surface area contributed by atoms with Gasteiger partial charge in [-0.05, 0) is 30.3 Å². The van der Waals surface area contributed by atoms with Crippen LogP contribution in [0.5, 0.6) is 0 Å². The second kappa shape index (κ2) is 7.50. The SMILES string of the molecule is CN([C@@H]1COC[C@H]1O)S(=O)(=O)c1cccc(C(=O)Nc2cccnc2)c1. The van der Waals surface area contributed by atoms with Crippen LogP contribution in [0.4, 0.5) is 5.69 Å². The summed E-state index contributed by atoms with van der Waals surface area (Å²) in [4.78, 5) is 16.2. The van der Waals surface area contributed by atoms with E-state index in [9.17, 15) is 18.3 Å².